The summed E-state index contributed by atoms with van der Waals surface area (Å²) in [7, 11) is 0. The van der Waals surface area contributed by atoms with E-state index in [1.165, 1.54) is 0 Å². The highest BCUT2D eigenvalue weighted by atomic mass is 79.9. The fraction of sp³-hybridized carbons (Fsp3) is 0.176. The zero-order valence-corrected chi connectivity index (χ0v) is 13.5. The lowest BCUT2D eigenvalue weighted by Gasteiger charge is -2.21. The van der Waals surface area contributed by atoms with E-state index in [9.17, 15) is 10.2 Å². The minimum absolute atomic E-state index is 0.305. The SMILES string of the molecule is OC(CBr)C(O)c1c2ccccc2c(Cl)c2ccccc12. The van der Waals surface area contributed by atoms with Crippen molar-refractivity contribution in [2.75, 3.05) is 5.33 Å². The van der Waals surface area contributed by atoms with Crippen LogP contribution in [0.25, 0.3) is 21.5 Å². The molecule has 0 bridgehead atoms. The zero-order chi connectivity index (χ0) is 15.0. The van der Waals surface area contributed by atoms with E-state index in [1.807, 2.05) is 48.5 Å². The molecule has 3 aromatic carbocycles. The molecule has 108 valence electrons. The summed E-state index contributed by atoms with van der Waals surface area (Å²) in [5.74, 6) is 0. The van der Waals surface area contributed by atoms with E-state index < -0.39 is 12.2 Å². The summed E-state index contributed by atoms with van der Waals surface area (Å²) in [5, 5.41) is 25.1. The summed E-state index contributed by atoms with van der Waals surface area (Å²) in [4.78, 5) is 0. The molecule has 2 unspecified atom stereocenters. The molecule has 0 radical (unpaired) electrons. The molecule has 0 fully saturated rings. The van der Waals surface area contributed by atoms with Crippen molar-refractivity contribution >= 4 is 49.1 Å². The van der Waals surface area contributed by atoms with E-state index in [2.05, 4.69) is 15.9 Å². The van der Waals surface area contributed by atoms with Crippen LogP contribution < -0.4 is 0 Å². The summed E-state index contributed by atoms with van der Waals surface area (Å²) in [6, 6.07) is 15.4. The molecular formula is C17H14BrClO2. The molecular weight excluding hydrogens is 352 g/mol. The van der Waals surface area contributed by atoms with Crippen molar-refractivity contribution in [1.29, 1.82) is 0 Å². The minimum atomic E-state index is -0.976. The number of rotatable bonds is 3. The van der Waals surface area contributed by atoms with Crippen LogP contribution in [0, 0.1) is 0 Å². The first kappa shape index (κ1) is 14.8. The molecule has 0 aromatic heterocycles. The van der Waals surface area contributed by atoms with Crippen LogP contribution in [0.5, 0.6) is 0 Å². The molecule has 3 rings (SSSR count). The molecule has 2 nitrogen and oxygen atoms in total. The molecule has 0 spiro atoms. The van der Waals surface area contributed by atoms with Crippen molar-refractivity contribution in [3.8, 4) is 0 Å². The van der Waals surface area contributed by atoms with Gasteiger partial charge in [0.05, 0.1) is 11.1 Å². The molecule has 0 aliphatic heterocycles. The highest BCUT2D eigenvalue weighted by Crippen LogP contribution is 2.39. The maximum absolute atomic E-state index is 10.6. The normalized spacial score (nSPS) is 14.5. The number of benzene rings is 3. The topological polar surface area (TPSA) is 40.5 Å². The van der Waals surface area contributed by atoms with Crippen LogP contribution in [-0.4, -0.2) is 21.6 Å². The van der Waals surface area contributed by atoms with Gasteiger partial charge in [-0.3, -0.25) is 0 Å². The van der Waals surface area contributed by atoms with E-state index in [0.29, 0.717) is 10.4 Å². The van der Waals surface area contributed by atoms with Gasteiger partial charge < -0.3 is 10.2 Å². The van der Waals surface area contributed by atoms with Gasteiger partial charge in [0.1, 0.15) is 6.10 Å². The van der Waals surface area contributed by atoms with Gasteiger partial charge in [0.25, 0.3) is 0 Å². The van der Waals surface area contributed by atoms with Gasteiger partial charge in [-0.25, -0.2) is 0 Å². The lowest BCUT2D eigenvalue weighted by atomic mass is 9.91. The number of fused-ring (bicyclic) bond motifs is 2. The molecule has 2 N–H and O–H groups in total. The van der Waals surface area contributed by atoms with Gasteiger partial charge in [0.15, 0.2) is 0 Å². The maximum atomic E-state index is 10.6. The van der Waals surface area contributed by atoms with Gasteiger partial charge in [-0.15, -0.1) is 0 Å². The van der Waals surface area contributed by atoms with Gasteiger partial charge >= 0.3 is 0 Å². The van der Waals surface area contributed by atoms with E-state index >= 15 is 0 Å². The molecule has 3 aromatic rings. The van der Waals surface area contributed by atoms with Crippen molar-refractivity contribution in [1.82, 2.24) is 0 Å². The Kier molecular flexibility index (Phi) is 4.18. The Morgan fingerprint density at radius 3 is 1.71 bits per heavy atom. The zero-order valence-electron chi connectivity index (χ0n) is 11.1. The molecule has 0 saturated carbocycles. The molecule has 0 aliphatic carbocycles. The predicted molar refractivity (Wildman–Crippen MR) is 91.2 cm³/mol. The quantitative estimate of drug-likeness (QED) is 0.532. The lowest BCUT2D eigenvalue weighted by Crippen LogP contribution is -2.20. The number of halogens is 2. The second-order valence-corrected chi connectivity index (χ2v) is 6.01. The number of hydrogen-bond donors (Lipinski definition) is 2. The first-order valence-corrected chi connectivity index (χ1v) is 8.16. The van der Waals surface area contributed by atoms with Gasteiger partial charge in [-0.2, -0.15) is 0 Å². The maximum Gasteiger partial charge on any atom is 0.107 e. The number of hydrogen-bond acceptors (Lipinski definition) is 2. The van der Waals surface area contributed by atoms with Crippen LogP contribution in [0.1, 0.15) is 11.7 Å². The van der Waals surface area contributed by atoms with Gasteiger partial charge in [0, 0.05) is 16.1 Å². The van der Waals surface area contributed by atoms with Crippen LogP contribution in [0.3, 0.4) is 0 Å². The molecule has 4 heteroatoms. The Morgan fingerprint density at radius 1 is 0.857 bits per heavy atom. The van der Waals surface area contributed by atoms with Crippen LogP contribution in [-0.2, 0) is 0 Å². The first-order chi connectivity index (χ1) is 10.1. The van der Waals surface area contributed by atoms with Crippen LogP contribution in [0.15, 0.2) is 48.5 Å². The monoisotopic (exact) mass is 364 g/mol. The lowest BCUT2D eigenvalue weighted by molar-refractivity contribution is 0.0361. The van der Waals surface area contributed by atoms with E-state index in [1.54, 1.807) is 0 Å². The minimum Gasteiger partial charge on any atom is -0.389 e. The van der Waals surface area contributed by atoms with Gasteiger partial charge in [0.2, 0.25) is 0 Å². The van der Waals surface area contributed by atoms with Crippen molar-refractivity contribution in [3.63, 3.8) is 0 Å². The summed E-state index contributed by atoms with van der Waals surface area (Å²) in [6.45, 7) is 0. The largest absolute Gasteiger partial charge is 0.389 e. The summed E-state index contributed by atoms with van der Waals surface area (Å²) >= 11 is 9.73. The smallest absolute Gasteiger partial charge is 0.107 e. The van der Waals surface area contributed by atoms with Crippen LogP contribution >= 0.6 is 27.5 Å². The average Bonchev–Trinajstić information content (AvgIpc) is 2.54. The third-order valence-corrected chi connectivity index (χ3v) is 4.80. The van der Waals surface area contributed by atoms with Crippen molar-refractivity contribution in [3.05, 3.63) is 59.1 Å². The standard InChI is InChI=1S/C17H14BrClO2/c18-9-14(20)17(21)15-10-5-1-3-7-12(10)16(19)13-8-4-2-6-11(13)15/h1-8,14,17,20-21H,9H2. The fourth-order valence-corrected chi connectivity index (χ4v) is 3.39. The van der Waals surface area contributed by atoms with Crippen molar-refractivity contribution < 1.29 is 10.2 Å². The highest BCUT2D eigenvalue weighted by molar-refractivity contribution is 9.09. The van der Waals surface area contributed by atoms with Crippen LogP contribution in [0.2, 0.25) is 5.02 Å². The molecule has 0 heterocycles. The molecule has 21 heavy (non-hydrogen) atoms. The average molecular weight is 366 g/mol. The second-order valence-electron chi connectivity index (χ2n) is 4.99. The van der Waals surface area contributed by atoms with Crippen molar-refractivity contribution in [2.24, 2.45) is 0 Å². The number of aliphatic hydroxyl groups is 2. The molecule has 0 saturated heterocycles. The molecule has 0 aliphatic rings. The van der Waals surface area contributed by atoms with E-state index in [-0.39, 0.29) is 0 Å². The summed E-state index contributed by atoms with van der Waals surface area (Å²) in [5.41, 5.74) is 0.720. The van der Waals surface area contributed by atoms with Crippen LogP contribution in [0.4, 0.5) is 0 Å². The molecule has 2 atom stereocenters. The number of aliphatic hydroxyl groups excluding tert-OH is 2. The van der Waals surface area contributed by atoms with Gasteiger partial charge in [-0.1, -0.05) is 76.1 Å². The third-order valence-electron chi connectivity index (χ3n) is 3.73. The van der Waals surface area contributed by atoms with Crippen molar-refractivity contribution in [2.45, 2.75) is 12.2 Å². The Morgan fingerprint density at radius 2 is 1.29 bits per heavy atom. The third kappa shape index (κ3) is 2.44. The Hall–Kier alpha value is -1.13. The second kappa shape index (κ2) is 5.93. The number of alkyl halides is 1. The summed E-state index contributed by atoms with van der Waals surface area (Å²) in [6.07, 6.45) is -1.85. The Bertz CT molecular complexity index is 746. The highest BCUT2D eigenvalue weighted by Gasteiger charge is 2.23. The molecule has 0 amide bonds. The van der Waals surface area contributed by atoms with E-state index in [4.69, 9.17) is 11.6 Å². The van der Waals surface area contributed by atoms with E-state index in [0.717, 1.165) is 27.1 Å². The first-order valence-electron chi connectivity index (χ1n) is 6.66. The van der Waals surface area contributed by atoms with Gasteiger partial charge in [-0.05, 0) is 16.3 Å². The Balaban J connectivity index is 2.46. The fourth-order valence-electron chi connectivity index (χ4n) is 2.70. The Labute approximate surface area is 136 Å². The predicted octanol–water partition coefficient (Wildman–Crippen LogP) is 4.44. The summed E-state index contributed by atoms with van der Waals surface area (Å²) < 4.78 is 0.